The van der Waals surface area contributed by atoms with Crippen molar-refractivity contribution in [2.24, 2.45) is 0 Å². The van der Waals surface area contributed by atoms with Gasteiger partial charge in [0.05, 0.1) is 0 Å². The Hall–Kier alpha value is -0.890. The first-order valence-electron chi connectivity index (χ1n) is 4.30. The molecule has 66 valence electrons. The Bertz CT molecular complexity index is 256. The van der Waals surface area contributed by atoms with Gasteiger partial charge in [0.2, 0.25) is 0 Å². The van der Waals surface area contributed by atoms with Crippen LogP contribution >= 0.6 is 0 Å². The quantitative estimate of drug-likeness (QED) is 0.731. The molecule has 1 aromatic heterocycles. The second-order valence-corrected chi connectivity index (χ2v) is 3.11. The van der Waals surface area contributed by atoms with Crippen molar-refractivity contribution in [3.8, 4) is 0 Å². The fourth-order valence-electron chi connectivity index (χ4n) is 1.25. The summed E-state index contributed by atoms with van der Waals surface area (Å²) in [6, 6.07) is 2.13. The molecule has 0 saturated carbocycles. The van der Waals surface area contributed by atoms with E-state index in [9.17, 15) is 0 Å². The van der Waals surface area contributed by atoms with Crippen molar-refractivity contribution < 1.29 is 0 Å². The van der Waals surface area contributed by atoms with Crippen molar-refractivity contribution in [1.82, 2.24) is 10.3 Å². The molecule has 0 aromatic carbocycles. The van der Waals surface area contributed by atoms with Gasteiger partial charge in [-0.3, -0.25) is 4.98 Å². The van der Waals surface area contributed by atoms with E-state index in [0.29, 0.717) is 0 Å². The number of nitrogens with one attached hydrogen (secondary N) is 1. The molecule has 1 N–H and O–H groups in total. The van der Waals surface area contributed by atoms with Gasteiger partial charge < -0.3 is 5.32 Å². The first-order chi connectivity index (χ1) is 5.74. The van der Waals surface area contributed by atoms with E-state index in [0.717, 1.165) is 18.7 Å². The third-order valence-corrected chi connectivity index (χ3v) is 2.00. The van der Waals surface area contributed by atoms with Crippen molar-refractivity contribution in [2.45, 2.75) is 20.3 Å². The molecule has 0 aliphatic carbocycles. The number of pyridine rings is 1. The maximum Gasteiger partial charge on any atom is 0.0375 e. The number of nitrogens with zero attached hydrogens (tertiary/aromatic N) is 1. The zero-order chi connectivity index (χ0) is 8.97. The van der Waals surface area contributed by atoms with E-state index in [2.05, 4.69) is 23.3 Å². The molecule has 1 aromatic rings. The molecule has 0 bridgehead atoms. The predicted molar refractivity (Wildman–Crippen MR) is 51.3 cm³/mol. The second kappa shape index (κ2) is 4.21. The van der Waals surface area contributed by atoms with Gasteiger partial charge in [-0.2, -0.15) is 0 Å². The lowest BCUT2D eigenvalue weighted by atomic mass is 10.1. The van der Waals surface area contributed by atoms with Crippen LogP contribution in [0.1, 0.15) is 16.8 Å². The number of rotatable bonds is 3. The molecule has 1 heterocycles. The number of aromatic nitrogens is 1. The number of hydrogen-bond donors (Lipinski definition) is 1. The summed E-state index contributed by atoms with van der Waals surface area (Å²) in [4.78, 5) is 4.27. The van der Waals surface area contributed by atoms with Crippen molar-refractivity contribution in [1.29, 1.82) is 0 Å². The molecule has 0 saturated heterocycles. The van der Waals surface area contributed by atoms with E-state index in [1.807, 2.05) is 20.2 Å². The standard InChI is InChI=1S/C10H16N2/c1-8-6-9(2)12-7-10(8)4-5-11-3/h6-7,11H,4-5H2,1-3H3. The van der Waals surface area contributed by atoms with E-state index < -0.39 is 0 Å². The highest BCUT2D eigenvalue weighted by Gasteiger charge is 1.97. The minimum Gasteiger partial charge on any atom is -0.319 e. The summed E-state index contributed by atoms with van der Waals surface area (Å²) in [5.74, 6) is 0. The molecular weight excluding hydrogens is 148 g/mol. The van der Waals surface area contributed by atoms with Crippen molar-refractivity contribution >= 4 is 0 Å². The van der Waals surface area contributed by atoms with E-state index in [1.165, 1.54) is 11.1 Å². The molecule has 0 spiro atoms. The lowest BCUT2D eigenvalue weighted by Gasteiger charge is -2.04. The van der Waals surface area contributed by atoms with Crippen LogP contribution in [-0.2, 0) is 6.42 Å². The van der Waals surface area contributed by atoms with Crippen LogP contribution in [0.3, 0.4) is 0 Å². The maximum absolute atomic E-state index is 4.27. The van der Waals surface area contributed by atoms with Gasteiger partial charge in [-0.05, 0) is 51.1 Å². The van der Waals surface area contributed by atoms with Gasteiger partial charge in [0.25, 0.3) is 0 Å². The van der Waals surface area contributed by atoms with Gasteiger partial charge in [0.15, 0.2) is 0 Å². The fraction of sp³-hybridized carbons (Fsp3) is 0.500. The Kier molecular flexibility index (Phi) is 3.23. The summed E-state index contributed by atoms with van der Waals surface area (Å²) >= 11 is 0. The van der Waals surface area contributed by atoms with Gasteiger partial charge in [-0.1, -0.05) is 0 Å². The van der Waals surface area contributed by atoms with Crippen LogP contribution in [0.25, 0.3) is 0 Å². The Balaban J connectivity index is 2.72. The first-order valence-corrected chi connectivity index (χ1v) is 4.30. The van der Waals surface area contributed by atoms with Crippen molar-refractivity contribution in [3.63, 3.8) is 0 Å². The lowest BCUT2D eigenvalue weighted by Crippen LogP contribution is -2.11. The van der Waals surface area contributed by atoms with Gasteiger partial charge in [-0.25, -0.2) is 0 Å². The molecule has 2 heteroatoms. The molecule has 0 fully saturated rings. The van der Waals surface area contributed by atoms with Crippen LogP contribution in [0, 0.1) is 13.8 Å². The fourth-order valence-corrected chi connectivity index (χ4v) is 1.25. The molecule has 0 aliphatic rings. The van der Waals surface area contributed by atoms with E-state index >= 15 is 0 Å². The van der Waals surface area contributed by atoms with Gasteiger partial charge in [0, 0.05) is 11.9 Å². The molecule has 0 radical (unpaired) electrons. The summed E-state index contributed by atoms with van der Waals surface area (Å²) in [5.41, 5.74) is 3.79. The minimum atomic E-state index is 1.02. The zero-order valence-corrected chi connectivity index (χ0v) is 8.02. The highest BCUT2D eigenvalue weighted by atomic mass is 14.8. The van der Waals surface area contributed by atoms with Crippen molar-refractivity contribution in [3.05, 3.63) is 29.1 Å². The van der Waals surface area contributed by atoms with Crippen LogP contribution in [-0.4, -0.2) is 18.6 Å². The lowest BCUT2D eigenvalue weighted by molar-refractivity contribution is 0.785. The van der Waals surface area contributed by atoms with Gasteiger partial charge in [-0.15, -0.1) is 0 Å². The molecule has 0 aliphatic heterocycles. The summed E-state index contributed by atoms with van der Waals surface area (Å²) in [5, 5.41) is 3.13. The highest BCUT2D eigenvalue weighted by Crippen LogP contribution is 2.07. The number of aryl methyl sites for hydroxylation is 2. The van der Waals surface area contributed by atoms with Crippen LogP contribution in [0.2, 0.25) is 0 Å². The Morgan fingerprint density at radius 1 is 1.42 bits per heavy atom. The molecule has 2 nitrogen and oxygen atoms in total. The van der Waals surface area contributed by atoms with Crippen LogP contribution < -0.4 is 5.32 Å². The Morgan fingerprint density at radius 2 is 2.17 bits per heavy atom. The summed E-state index contributed by atoms with van der Waals surface area (Å²) < 4.78 is 0. The van der Waals surface area contributed by atoms with Gasteiger partial charge >= 0.3 is 0 Å². The highest BCUT2D eigenvalue weighted by molar-refractivity contribution is 5.24. The van der Waals surface area contributed by atoms with Crippen LogP contribution in [0.5, 0.6) is 0 Å². The van der Waals surface area contributed by atoms with Crippen LogP contribution in [0.15, 0.2) is 12.3 Å². The van der Waals surface area contributed by atoms with E-state index in [4.69, 9.17) is 0 Å². The minimum absolute atomic E-state index is 1.02. The topological polar surface area (TPSA) is 24.9 Å². The maximum atomic E-state index is 4.27. The Morgan fingerprint density at radius 3 is 2.75 bits per heavy atom. The van der Waals surface area contributed by atoms with Crippen LogP contribution in [0.4, 0.5) is 0 Å². The Labute approximate surface area is 74.0 Å². The molecule has 0 amide bonds. The average Bonchev–Trinajstić information content (AvgIpc) is 2.03. The monoisotopic (exact) mass is 164 g/mol. The third-order valence-electron chi connectivity index (χ3n) is 2.00. The second-order valence-electron chi connectivity index (χ2n) is 3.11. The molecular formula is C10H16N2. The molecule has 1 rings (SSSR count). The SMILES string of the molecule is CNCCc1cnc(C)cc1C. The number of likely N-dealkylation sites (N-methyl/N-ethyl adjacent to an activating group) is 1. The van der Waals surface area contributed by atoms with Crippen molar-refractivity contribution in [2.75, 3.05) is 13.6 Å². The summed E-state index contributed by atoms with van der Waals surface area (Å²) in [6.45, 7) is 5.18. The van der Waals surface area contributed by atoms with E-state index in [1.54, 1.807) is 0 Å². The number of hydrogen-bond acceptors (Lipinski definition) is 2. The smallest absolute Gasteiger partial charge is 0.0375 e. The largest absolute Gasteiger partial charge is 0.319 e. The third kappa shape index (κ3) is 2.31. The molecule has 12 heavy (non-hydrogen) atoms. The molecule has 0 unspecified atom stereocenters. The summed E-state index contributed by atoms with van der Waals surface area (Å²) in [6.07, 6.45) is 3.04. The average molecular weight is 164 g/mol. The first kappa shape index (κ1) is 9.20. The summed E-state index contributed by atoms with van der Waals surface area (Å²) in [7, 11) is 1.97. The zero-order valence-electron chi connectivity index (χ0n) is 8.02. The predicted octanol–water partition coefficient (Wildman–Crippen LogP) is 1.46. The van der Waals surface area contributed by atoms with E-state index in [-0.39, 0.29) is 0 Å². The molecule has 0 atom stereocenters. The van der Waals surface area contributed by atoms with Gasteiger partial charge in [0.1, 0.15) is 0 Å². The normalized spacial score (nSPS) is 10.2.